The van der Waals surface area contributed by atoms with Gasteiger partial charge in [0.15, 0.2) is 13.4 Å². The lowest BCUT2D eigenvalue weighted by molar-refractivity contribution is -0.117. The maximum atomic E-state index is 14.3. The fourth-order valence-electron chi connectivity index (χ4n) is 5.13. The second kappa shape index (κ2) is 12.5. The summed E-state index contributed by atoms with van der Waals surface area (Å²) in [4.78, 5) is 31.1. The van der Waals surface area contributed by atoms with Crippen molar-refractivity contribution in [3.63, 3.8) is 0 Å². The summed E-state index contributed by atoms with van der Waals surface area (Å²) >= 11 is 1.30. The molecule has 1 aromatic heterocycles. The third-order valence-electron chi connectivity index (χ3n) is 8.59. The molecule has 11 heteroatoms. The van der Waals surface area contributed by atoms with E-state index in [1.807, 2.05) is 30.3 Å². The van der Waals surface area contributed by atoms with Crippen LogP contribution in [0.3, 0.4) is 0 Å². The highest BCUT2D eigenvalue weighted by Gasteiger charge is 2.47. The summed E-state index contributed by atoms with van der Waals surface area (Å²) in [6, 6.07) is 13.1. The number of nitrogens with zero attached hydrogens (tertiary/aromatic N) is 2. The molecule has 1 fully saturated rings. The number of hydrogen-bond donors (Lipinski definition) is 3. The Bertz CT molecular complexity index is 1410. The Labute approximate surface area is 252 Å². The van der Waals surface area contributed by atoms with Crippen LogP contribution in [0.2, 0.25) is 18.1 Å². The van der Waals surface area contributed by atoms with E-state index in [9.17, 15) is 19.1 Å². The molecule has 0 spiro atoms. The SMILES string of the molecule is CC(C(=O)Nc1ccc(C[C@@H]2CC[C@H]([C@H](O[Si](C)(C)C(C)(C)C)c3cccc(F)c3)N2C(=O)O)cc1)c1csc(N)n1. The van der Waals surface area contributed by atoms with Crippen LogP contribution in [0, 0.1) is 5.82 Å². The Balaban J connectivity index is 1.50. The summed E-state index contributed by atoms with van der Waals surface area (Å²) in [6.07, 6.45) is 0.205. The van der Waals surface area contributed by atoms with Crippen molar-refractivity contribution in [2.45, 2.75) is 89.2 Å². The van der Waals surface area contributed by atoms with Crippen LogP contribution in [0.15, 0.2) is 53.9 Å². The minimum atomic E-state index is -2.33. The van der Waals surface area contributed by atoms with Crippen molar-refractivity contribution in [2.24, 2.45) is 0 Å². The number of thiazole rings is 1. The Hall–Kier alpha value is -3.28. The number of hydrogen-bond acceptors (Lipinski definition) is 6. The Morgan fingerprint density at radius 1 is 1.21 bits per heavy atom. The first kappa shape index (κ1) is 31.6. The van der Waals surface area contributed by atoms with E-state index < -0.39 is 32.5 Å². The van der Waals surface area contributed by atoms with E-state index in [-0.39, 0.29) is 22.8 Å². The number of halogens is 1. The van der Waals surface area contributed by atoms with Crippen molar-refractivity contribution in [3.05, 3.63) is 76.5 Å². The van der Waals surface area contributed by atoms with E-state index in [4.69, 9.17) is 10.2 Å². The van der Waals surface area contributed by atoms with Crippen LogP contribution >= 0.6 is 11.3 Å². The van der Waals surface area contributed by atoms with Crippen LogP contribution in [0.4, 0.5) is 20.0 Å². The molecule has 4 N–H and O–H groups in total. The number of nitrogens with one attached hydrogen (secondary N) is 1. The van der Waals surface area contributed by atoms with Crippen LogP contribution in [-0.4, -0.2) is 47.4 Å². The number of nitrogens with two attached hydrogens (primary N) is 1. The van der Waals surface area contributed by atoms with Gasteiger partial charge in [-0.3, -0.25) is 9.69 Å². The number of likely N-dealkylation sites (tertiary alicyclic amines) is 1. The first-order valence-electron chi connectivity index (χ1n) is 14.2. The number of carbonyl (C=O) groups excluding carboxylic acids is 1. The van der Waals surface area contributed by atoms with Crippen molar-refractivity contribution >= 4 is 42.5 Å². The Morgan fingerprint density at radius 2 is 1.90 bits per heavy atom. The number of anilines is 2. The van der Waals surface area contributed by atoms with E-state index in [1.165, 1.54) is 28.4 Å². The Morgan fingerprint density at radius 3 is 2.48 bits per heavy atom. The monoisotopic (exact) mass is 612 g/mol. The maximum absolute atomic E-state index is 14.3. The smallest absolute Gasteiger partial charge is 0.407 e. The van der Waals surface area contributed by atoms with Crippen LogP contribution in [-0.2, 0) is 15.6 Å². The minimum absolute atomic E-state index is 0.104. The molecule has 226 valence electrons. The standard InChI is InChI=1S/C31H41FN4O4SSi/c1-19(25-18-41-29(33)35-25)28(37)34-23-12-10-20(11-13-23)16-24-14-15-26(36(24)30(38)39)27(21-8-7-9-22(32)17-21)40-42(5,6)31(2,3)4/h7-13,17-19,24,26-27H,14-16H2,1-6H3,(H2,33,35)(H,34,37)(H,38,39)/t19?,24-,26+,27+/m0/s1. The molecule has 3 aromatic rings. The molecule has 1 unspecified atom stereocenters. The molecule has 42 heavy (non-hydrogen) atoms. The third kappa shape index (κ3) is 7.19. The van der Waals surface area contributed by atoms with Gasteiger partial charge in [0.05, 0.1) is 23.8 Å². The lowest BCUT2D eigenvalue weighted by Crippen LogP contribution is -2.49. The number of carboxylic acid groups (broad SMARTS) is 1. The fourth-order valence-corrected chi connectivity index (χ4v) is 7.07. The molecule has 1 saturated heterocycles. The maximum Gasteiger partial charge on any atom is 0.407 e. The Kier molecular flexibility index (Phi) is 9.44. The molecular weight excluding hydrogens is 572 g/mol. The summed E-state index contributed by atoms with van der Waals surface area (Å²) in [7, 11) is -2.33. The van der Waals surface area contributed by atoms with Gasteiger partial charge in [0.25, 0.3) is 0 Å². The van der Waals surface area contributed by atoms with Gasteiger partial charge in [-0.05, 0) is 79.7 Å². The lowest BCUT2D eigenvalue weighted by Gasteiger charge is -2.42. The zero-order valence-electron chi connectivity index (χ0n) is 25.1. The van der Waals surface area contributed by atoms with Crippen LogP contribution in [0.1, 0.15) is 69.4 Å². The van der Waals surface area contributed by atoms with Gasteiger partial charge in [-0.2, -0.15) is 0 Å². The normalized spacial score (nSPS) is 19.0. The zero-order chi connectivity index (χ0) is 30.8. The first-order valence-corrected chi connectivity index (χ1v) is 18.0. The summed E-state index contributed by atoms with van der Waals surface area (Å²) in [5.41, 5.74) is 8.59. The van der Waals surface area contributed by atoms with Gasteiger partial charge in [-0.25, -0.2) is 14.2 Å². The van der Waals surface area contributed by atoms with E-state index >= 15 is 0 Å². The number of benzene rings is 2. The van der Waals surface area contributed by atoms with E-state index in [2.05, 4.69) is 44.2 Å². The molecule has 2 heterocycles. The summed E-state index contributed by atoms with van der Waals surface area (Å²) in [5.74, 6) is -1.00. The molecule has 0 radical (unpaired) electrons. The van der Waals surface area contributed by atoms with Crippen molar-refractivity contribution in [1.29, 1.82) is 0 Å². The predicted octanol–water partition coefficient (Wildman–Crippen LogP) is 7.42. The molecule has 0 bridgehead atoms. The predicted molar refractivity (Wildman–Crippen MR) is 168 cm³/mol. The van der Waals surface area contributed by atoms with Gasteiger partial charge < -0.3 is 20.6 Å². The fraction of sp³-hybridized carbons (Fsp3) is 0.452. The van der Waals surface area contributed by atoms with Gasteiger partial charge in [-0.1, -0.05) is 45.0 Å². The minimum Gasteiger partial charge on any atom is -0.465 e. The molecule has 0 saturated carbocycles. The summed E-state index contributed by atoms with van der Waals surface area (Å²) < 4.78 is 21.2. The van der Waals surface area contributed by atoms with Crippen LogP contribution in [0.5, 0.6) is 0 Å². The highest BCUT2D eigenvalue weighted by atomic mass is 32.1. The molecule has 0 aliphatic carbocycles. The van der Waals surface area contributed by atoms with Gasteiger partial charge >= 0.3 is 6.09 Å². The number of nitrogen functional groups attached to an aromatic ring is 1. The topological polar surface area (TPSA) is 118 Å². The number of aromatic nitrogens is 1. The molecule has 4 atom stereocenters. The average molecular weight is 613 g/mol. The lowest BCUT2D eigenvalue weighted by atomic mass is 10.0. The summed E-state index contributed by atoms with van der Waals surface area (Å²) in [5, 5.41) is 15.4. The molecular formula is C31H41FN4O4SSi. The number of amides is 2. The van der Waals surface area contributed by atoms with Gasteiger partial charge in [-0.15, -0.1) is 11.3 Å². The van der Waals surface area contributed by atoms with Crippen molar-refractivity contribution < 1.29 is 23.5 Å². The van der Waals surface area contributed by atoms with Crippen molar-refractivity contribution in [2.75, 3.05) is 11.1 Å². The quantitative estimate of drug-likeness (QED) is 0.216. The molecule has 8 nitrogen and oxygen atoms in total. The van der Waals surface area contributed by atoms with E-state index in [0.717, 1.165) is 5.56 Å². The molecule has 2 aromatic carbocycles. The van der Waals surface area contributed by atoms with Gasteiger partial charge in [0, 0.05) is 17.1 Å². The molecule has 4 rings (SSSR count). The second-order valence-corrected chi connectivity index (χ2v) is 18.2. The van der Waals surface area contributed by atoms with Gasteiger partial charge in [0.2, 0.25) is 5.91 Å². The number of rotatable bonds is 9. The highest BCUT2D eigenvalue weighted by Crippen LogP contribution is 2.44. The summed E-state index contributed by atoms with van der Waals surface area (Å²) in [6.45, 7) is 12.4. The van der Waals surface area contributed by atoms with E-state index in [1.54, 1.807) is 18.4 Å². The van der Waals surface area contributed by atoms with Crippen LogP contribution in [0.25, 0.3) is 0 Å². The zero-order valence-corrected chi connectivity index (χ0v) is 26.9. The third-order valence-corrected chi connectivity index (χ3v) is 13.7. The first-order chi connectivity index (χ1) is 19.7. The molecule has 1 aliphatic heterocycles. The highest BCUT2D eigenvalue weighted by molar-refractivity contribution is 7.13. The van der Waals surface area contributed by atoms with Crippen LogP contribution < -0.4 is 11.1 Å². The van der Waals surface area contributed by atoms with Gasteiger partial charge in [0.1, 0.15) is 5.82 Å². The largest absolute Gasteiger partial charge is 0.465 e. The second-order valence-electron chi connectivity index (χ2n) is 12.6. The molecule has 2 amide bonds. The number of carbonyl (C=O) groups is 2. The van der Waals surface area contributed by atoms with Crippen molar-refractivity contribution in [3.8, 4) is 0 Å². The van der Waals surface area contributed by atoms with Crippen molar-refractivity contribution in [1.82, 2.24) is 9.88 Å². The van der Waals surface area contributed by atoms with E-state index in [0.29, 0.717) is 41.3 Å². The molecule has 1 aliphatic rings. The average Bonchev–Trinajstić information content (AvgIpc) is 3.53.